The lowest BCUT2D eigenvalue weighted by atomic mass is 10.3. The van der Waals surface area contributed by atoms with Gasteiger partial charge in [0.25, 0.3) is 0 Å². The standard InChI is InChI=1S/C14H23F3N6.HI/c1-3-18-13(19-6-11-7-20-22(2)8-11)21-12-4-5-23(9-12)10-14(15,16)17;/h7-8,12H,3-6,9-10H2,1-2H3,(H2,18,19,21);1H. The summed E-state index contributed by atoms with van der Waals surface area (Å²) in [5.41, 5.74) is 0.981. The number of hydrogen-bond acceptors (Lipinski definition) is 3. The van der Waals surface area contributed by atoms with E-state index < -0.39 is 12.7 Å². The van der Waals surface area contributed by atoms with Gasteiger partial charge >= 0.3 is 6.18 Å². The molecule has 1 aliphatic heterocycles. The number of guanidine groups is 1. The smallest absolute Gasteiger partial charge is 0.357 e. The van der Waals surface area contributed by atoms with Crippen molar-refractivity contribution in [3.8, 4) is 0 Å². The third-order valence-corrected chi connectivity index (χ3v) is 3.54. The molecule has 1 saturated heterocycles. The third-order valence-electron chi connectivity index (χ3n) is 3.54. The molecule has 1 aliphatic rings. The van der Waals surface area contributed by atoms with Crippen LogP contribution in [0.2, 0.25) is 0 Å². The Morgan fingerprint density at radius 1 is 1.46 bits per heavy atom. The summed E-state index contributed by atoms with van der Waals surface area (Å²) in [6.45, 7) is 3.08. The van der Waals surface area contributed by atoms with Gasteiger partial charge in [0.1, 0.15) is 0 Å². The van der Waals surface area contributed by atoms with Crippen LogP contribution in [0, 0.1) is 0 Å². The van der Waals surface area contributed by atoms with Crippen molar-refractivity contribution in [3.05, 3.63) is 18.0 Å². The fourth-order valence-electron chi connectivity index (χ4n) is 2.58. The van der Waals surface area contributed by atoms with E-state index in [9.17, 15) is 13.2 Å². The first-order valence-electron chi connectivity index (χ1n) is 7.67. The molecule has 1 fully saturated rings. The number of aliphatic imine (C=N–C) groups is 1. The molecule has 6 nitrogen and oxygen atoms in total. The minimum atomic E-state index is -4.15. The molecular weight excluding hydrogens is 436 g/mol. The predicted octanol–water partition coefficient (Wildman–Crippen LogP) is 1.73. The first kappa shape index (κ1) is 21.0. The normalized spacial score (nSPS) is 19.2. The molecule has 1 aromatic heterocycles. The van der Waals surface area contributed by atoms with Crippen molar-refractivity contribution >= 4 is 29.9 Å². The summed E-state index contributed by atoms with van der Waals surface area (Å²) >= 11 is 0. The summed E-state index contributed by atoms with van der Waals surface area (Å²) < 4.78 is 39.0. The van der Waals surface area contributed by atoms with Crippen LogP contribution in [0.25, 0.3) is 0 Å². The molecule has 1 aromatic rings. The van der Waals surface area contributed by atoms with Crippen molar-refractivity contribution in [2.75, 3.05) is 26.2 Å². The van der Waals surface area contributed by atoms with E-state index in [4.69, 9.17) is 0 Å². The largest absolute Gasteiger partial charge is 0.401 e. The molecule has 0 radical (unpaired) electrons. The summed E-state index contributed by atoms with van der Waals surface area (Å²) in [6.07, 6.45) is 0.155. The Morgan fingerprint density at radius 3 is 2.79 bits per heavy atom. The van der Waals surface area contributed by atoms with Crippen LogP contribution >= 0.6 is 24.0 Å². The Bertz CT molecular complexity index is 531. The summed E-state index contributed by atoms with van der Waals surface area (Å²) in [7, 11) is 1.84. The molecule has 0 aliphatic carbocycles. The number of likely N-dealkylation sites (tertiary alicyclic amines) is 1. The van der Waals surface area contributed by atoms with E-state index >= 15 is 0 Å². The van der Waals surface area contributed by atoms with Crippen molar-refractivity contribution in [2.45, 2.75) is 32.1 Å². The summed E-state index contributed by atoms with van der Waals surface area (Å²) in [5, 5.41) is 10.4. The maximum atomic E-state index is 12.4. The van der Waals surface area contributed by atoms with Crippen LogP contribution in [0.5, 0.6) is 0 Å². The number of hydrogen-bond donors (Lipinski definition) is 2. The molecule has 1 atom stereocenters. The fourth-order valence-corrected chi connectivity index (χ4v) is 2.58. The van der Waals surface area contributed by atoms with Gasteiger partial charge in [0, 0.05) is 44.5 Å². The molecule has 10 heteroatoms. The molecule has 24 heavy (non-hydrogen) atoms. The average molecular weight is 460 g/mol. The van der Waals surface area contributed by atoms with Gasteiger partial charge in [-0.1, -0.05) is 0 Å². The van der Waals surface area contributed by atoms with Crippen molar-refractivity contribution in [2.24, 2.45) is 12.0 Å². The zero-order valence-corrected chi connectivity index (χ0v) is 16.1. The molecule has 0 aromatic carbocycles. The number of nitrogens with one attached hydrogen (secondary N) is 2. The lowest BCUT2D eigenvalue weighted by molar-refractivity contribution is -0.143. The van der Waals surface area contributed by atoms with Gasteiger partial charge in [-0.05, 0) is 13.3 Å². The van der Waals surface area contributed by atoms with Crippen LogP contribution in [0.1, 0.15) is 18.9 Å². The number of aromatic nitrogens is 2. The molecule has 0 spiro atoms. The maximum absolute atomic E-state index is 12.4. The zero-order valence-electron chi connectivity index (χ0n) is 13.8. The van der Waals surface area contributed by atoms with Crippen LogP contribution in [0.3, 0.4) is 0 Å². The van der Waals surface area contributed by atoms with Crippen LogP contribution in [-0.4, -0.2) is 59.0 Å². The fraction of sp³-hybridized carbons (Fsp3) is 0.714. The van der Waals surface area contributed by atoms with E-state index in [1.807, 2.05) is 20.2 Å². The first-order valence-corrected chi connectivity index (χ1v) is 7.67. The molecule has 138 valence electrons. The Labute approximate surface area is 156 Å². The Hall–Kier alpha value is -1.04. The highest BCUT2D eigenvalue weighted by Crippen LogP contribution is 2.19. The number of halogens is 4. The highest BCUT2D eigenvalue weighted by atomic mass is 127. The van der Waals surface area contributed by atoms with Gasteiger partial charge in [-0.15, -0.1) is 24.0 Å². The summed E-state index contributed by atoms with van der Waals surface area (Å²) in [6, 6.07) is -0.0240. The van der Waals surface area contributed by atoms with Gasteiger partial charge in [-0.2, -0.15) is 18.3 Å². The second-order valence-electron chi connectivity index (χ2n) is 5.70. The van der Waals surface area contributed by atoms with Crippen LogP contribution in [0.4, 0.5) is 13.2 Å². The molecule has 2 heterocycles. The number of rotatable bonds is 5. The second kappa shape index (κ2) is 9.44. The van der Waals surface area contributed by atoms with E-state index in [2.05, 4.69) is 20.7 Å². The number of nitrogens with zero attached hydrogens (tertiary/aromatic N) is 4. The monoisotopic (exact) mass is 460 g/mol. The predicted molar refractivity (Wildman–Crippen MR) is 97.5 cm³/mol. The van der Waals surface area contributed by atoms with Gasteiger partial charge in [0.2, 0.25) is 0 Å². The van der Waals surface area contributed by atoms with Crippen molar-refractivity contribution in [3.63, 3.8) is 0 Å². The van der Waals surface area contributed by atoms with Crippen LogP contribution in [-0.2, 0) is 13.6 Å². The van der Waals surface area contributed by atoms with E-state index in [1.54, 1.807) is 10.9 Å². The van der Waals surface area contributed by atoms with Gasteiger partial charge in [-0.3, -0.25) is 9.58 Å². The quantitative estimate of drug-likeness (QED) is 0.400. The molecule has 1 unspecified atom stereocenters. The van der Waals surface area contributed by atoms with Crippen molar-refractivity contribution in [1.29, 1.82) is 0 Å². The molecule has 2 rings (SSSR count). The van der Waals surface area contributed by atoms with Gasteiger partial charge in [0.05, 0.1) is 19.3 Å². The maximum Gasteiger partial charge on any atom is 0.401 e. The van der Waals surface area contributed by atoms with Gasteiger partial charge in [-0.25, -0.2) is 4.99 Å². The lowest BCUT2D eigenvalue weighted by Gasteiger charge is -2.19. The van der Waals surface area contributed by atoms with Crippen LogP contribution in [0.15, 0.2) is 17.4 Å². The highest BCUT2D eigenvalue weighted by Gasteiger charge is 2.34. The first-order chi connectivity index (χ1) is 10.9. The van der Waals surface area contributed by atoms with Gasteiger partial charge in [0.15, 0.2) is 5.96 Å². The van der Waals surface area contributed by atoms with E-state index in [-0.39, 0.29) is 30.0 Å². The average Bonchev–Trinajstić information content (AvgIpc) is 3.04. The van der Waals surface area contributed by atoms with E-state index in [0.717, 1.165) is 5.56 Å². The Balaban J connectivity index is 0.00000288. The third kappa shape index (κ3) is 7.24. The zero-order chi connectivity index (χ0) is 16.9. The topological polar surface area (TPSA) is 57.5 Å². The minimum Gasteiger partial charge on any atom is -0.357 e. The summed E-state index contributed by atoms with van der Waals surface area (Å²) in [5.74, 6) is 0.621. The highest BCUT2D eigenvalue weighted by molar-refractivity contribution is 14.0. The van der Waals surface area contributed by atoms with Gasteiger partial charge < -0.3 is 10.6 Å². The van der Waals surface area contributed by atoms with E-state index in [1.165, 1.54) is 4.90 Å². The Kier molecular flexibility index (Phi) is 8.27. The lowest BCUT2D eigenvalue weighted by Crippen LogP contribution is -2.45. The second-order valence-corrected chi connectivity index (χ2v) is 5.70. The van der Waals surface area contributed by atoms with Crippen LogP contribution < -0.4 is 10.6 Å². The Morgan fingerprint density at radius 2 is 2.21 bits per heavy atom. The van der Waals surface area contributed by atoms with E-state index in [0.29, 0.717) is 38.6 Å². The molecule has 0 bridgehead atoms. The molecule has 0 amide bonds. The minimum absolute atomic E-state index is 0. The number of aryl methyl sites for hydroxylation is 1. The molecule has 0 saturated carbocycles. The molecular formula is C14H24F3IN6. The molecule has 2 N–H and O–H groups in total. The number of alkyl halides is 3. The van der Waals surface area contributed by atoms with Crippen molar-refractivity contribution in [1.82, 2.24) is 25.3 Å². The SMILES string of the molecule is CCNC(=NCc1cnn(C)c1)NC1CCN(CC(F)(F)F)C1.I. The van der Waals surface area contributed by atoms with Crippen molar-refractivity contribution < 1.29 is 13.2 Å². The summed E-state index contributed by atoms with van der Waals surface area (Å²) in [4.78, 5) is 5.88.